The molecule has 0 radical (unpaired) electrons. The van der Waals surface area contributed by atoms with Crippen molar-refractivity contribution in [2.45, 2.75) is 19.6 Å². The minimum Gasteiger partial charge on any atom is -0.444 e. The fourth-order valence-corrected chi connectivity index (χ4v) is 1.61. The first-order chi connectivity index (χ1) is 7.63. The molecule has 0 bridgehead atoms. The number of ether oxygens (including phenoxy) is 2. The molecule has 1 fully saturated rings. The summed E-state index contributed by atoms with van der Waals surface area (Å²) >= 11 is 0. The molecule has 0 amide bonds. The van der Waals surface area contributed by atoms with Crippen LogP contribution in [0.1, 0.15) is 13.3 Å². The van der Waals surface area contributed by atoms with Gasteiger partial charge in [-0.3, -0.25) is 9.69 Å². The average molecular weight is 230 g/mol. The number of morpholine rings is 1. The average Bonchev–Trinajstić information content (AvgIpc) is 2.27. The van der Waals surface area contributed by atoms with Crippen LogP contribution in [0.3, 0.4) is 0 Å². The molecule has 0 spiro atoms. The van der Waals surface area contributed by atoms with Gasteiger partial charge in [-0.15, -0.1) is 0 Å². The van der Waals surface area contributed by atoms with Crippen LogP contribution in [0.5, 0.6) is 0 Å². The zero-order valence-electron chi connectivity index (χ0n) is 10.4. The summed E-state index contributed by atoms with van der Waals surface area (Å²) in [7, 11) is 3.88. The molecule has 1 saturated heterocycles. The summed E-state index contributed by atoms with van der Waals surface area (Å²) in [5.74, 6) is -0.150. The fourth-order valence-electron chi connectivity index (χ4n) is 1.61. The molecule has 1 unspecified atom stereocenters. The monoisotopic (exact) mass is 230 g/mol. The summed E-state index contributed by atoms with van der Waals surface area (Å²) in [6.07, 6.45) is 0.231. The number of likely N-dealkylation sites (N-methyl/N-ethyl adjacent to an activating group) is 1. The van der Waals surface area contributed by atoms with Gasteiger partial charge in [0.25, 0.3) is 0 Å². The smallest absolute Gasteiger partial charge is 0.308 e. The van der Waals surface area contributed by atoms with Crippen LogP contribution in [-0.2, 0) is 14.3 Å². The summed E-state index contributed by atoms with van der Waals surface area (Å²) in [6, 6.07) is 0. The fraction of sp³-hybridized carbons (Fsp3) is 0.909. The van der Waals surface area contributed by atoms with Gasteiger partial charge in [0.1, 0.15) is 0 Å². The van der Waals surface area contributed by atoms with E-state index < -0.39 is 0 Å². The maximum Gasteiger partial charge on any atom is 0.308 e. The van der Waals surface area contributed by atoms with Crippen LogP contribution in [-0.4, -0.2) is 68.9 Å². The number of hydrogen-bond acceptors (Lipinski definition) is 5. The molecule has 0 aliphatic carbocycles. The van der Waals surface area contributed by atoms with E-state index in [0.717, 1.165) is 26.2 Å². The van der Waals surface area contributed by atoms with E-state index in [2.05, 4.69) is 11.8 Å². The lowest BCUT2D eigenvalue weighted by atomic mass is 10.3. The maximum atomic E-state index is 11.5. The van der Waals surface area contributed by atoms with Gasteiger partial charge in [-0.2, -0.15) is 0 Å². The number of carbonyl (C=O) groups excluding carboxylic acids is 1. The second kappa shape index (κ2) is 6.83. The van der Waals surface area contributed by atoms with E-state index in [1.807, 2.05) is 19.0 Å². The van der Waals surface area contributed by atoms with Crippen molar-refractivity contribution in [2.24, 2.45) is 0 Å². The minimum atomic E-state index is -0.201. The third-order valence-corrected chi connectivity index (χ3v) is 2.63. The molecular formula is C11H22N2O3. The topological polar surface area (TPSA) is 42.0 Å². The van der Waals surface area contributed by atoms with Gasteiger partial charge in [-0.25, -0.2) is 0 Å². The van der Waals surface area contributed by atoms with Gasteiger partial charge in [0.2, 0.25) is 0 Å². The SMILES string of the molecule is CCN1CCOCC1OC(=O)CCN(C)C. The number of carbonyl (C=O) groups is 1. The Bertz CT molecular complexity index is 221. The van der Waals surface area contributed by atoms with Gasteiger partial charge in [0, 0.05) is 13.1 Å². The summed E-state index contributed by atoms with van der Waals surface area (Å²) in [6.45, 7) is 5.71. The molecular weight excluding hydrogens is 208 g/mol. The highest BCUT2D eigenvalue weighted by Crippen LogP contribution is 2.08. The predicted molar refractivity (Wildman–Crippen MR) is 61.1 cm³/mol. The van der Waals surface area contributed by atoms with Crippen LogP contribution < -0.4 is 0 Å². The van der Waals surface area contributed by atoms with Crippen LogP contribution in [0.15, 0.2) is 0 Å². The predicted octanol–water partition coefficient (Wildman–Crippen LogP) is 0.160. The van der Waals surface area contributed by atoms with E-state index >= 15 is 0 Å². The van der Waals surface area contributed by atoms with Crippen molar-refractivity contribution in [3.63, 3.8) is 0 Å². The van der Waals surface area contributed by atoms with Gasteiger partial charge in [-0.1, -0.05) is 6.92 Å². The number of rotatable bonds is 5. The Hall–Kier alpha value is -0.650. The summed E-state index contributed by atoms with van der Waals surface area (Å²) in [4.78, 5) is 15.6. The lowest BCUT2D eigenvalue weighted by molar-refractivity contribution is -0.175. The molecule has 0 saturated carbocycles. The molecule has 0 N–H and O–H groups in total. The number of nitrogens with zero attached hydrogens (tertiary/aromatic N) is 2. The lowest BCUT2D eigenvalue weighted by Crippen LogP contribution is -2.47. The summed E-state index contributed by atoms with van der Waals surface area (Å²) in [5.41, 5.74) is 0. The molecule has 0 aromatic rings. The van der Waals surface area contributed by atoms with E-state index in [0.29, 0.717) is 13.0 Å². The number of esters is 1. The van der Waals surface area contributed by atoms with Crippen molar-refractivity contribution in [1.82, 2.24) is 9.80 Å². The Balaban J connectivity index is 2.30. The Labute approximate surface area is 97.3 Å². The molecule has 1 heterocycles. The normalized spacial score (nSPS) is 22.4. The highest BCUT2D eigenvalue weighted by molar-refractivity contribution is 5.69. The second-order valence-electron chi connectivity index (χ2n) is 4.20. The zero-order chi connectivity index (χ0) is 12.0. The van der Waals surface area contributed by atoms with Gasteiger partial charge >= 0.3 is 5.97 Å². The Kier molecular flexibility index (Phi) is 5.73. The quantitative estimate of drug-likeness (QED) is 0.629. The van der Waals surface area contributed by atoms with E-state index in [4.69, 9.17) is 9.47 Å². The van der Waals surface area contributed by atoms with Crippen LogP contribution in [0.2, 0.25) is 0 Å². The molecule has 0 aromatic heterocycles. The first-order valence-electron chi connectivity index (χ1n) is 5.79. The van der Waals surface area contributed by atoms with Crippen molar-refractivity contribution in [3.8, 4) is 0 Å². The molecule has 1 aliphatic heterocycles. The molecule has 5 heteroatoms. The zero-order valence-corrected chi connectivity index (χ0v) is 10.4. The van der Waals surface area contributed by atoms with Crippen LogP contribution in [0, 0.1) is 0 Å². The highest BCUT2D eigenvalue weighted by atomic mass is 16.6. The molecule has 1 aliphatic rings. The molecule has 5 nitrogen and oxygen atoms in total. The van der Waals surface area contributed by atoms with Crippen molar-refractivity contribution in [1.29, 1.82) is 0 Å². The minimum absolute atomic E-state index is 0.150. The first-order valence-corrected chi connectivity index (χ1v) is 5.79. The summed E-state index contributed by atoms with van der Waals surface area (Å²) in [5, 5.41) is 0. The third kappa shape index (κ3) is 4.47. The molecule has 1 rings (SSSR count). The number of hydrogen-bond donors (Lipinski definition) is 0. The maximum absolute atomic E-state index is 11.5. The highest BCUT2D eigenvalue weighted by Gasteiger charge is 2.24. The van der Waals surface area contributed by atoms with Gasteiger partial charge in [0.15, 0.2) is 6.23 Å². The van der Waals surface area contributed by atoms with Crippen molar-refractivity contribution in [3.05, 3.63) is 0 Å². The van der Waals surface area contributed by atoms with Crippen molar-refractivity contribution >= 4 is 5.97 Å². The largest absolute Gasteiger partial charge is 0.444 e. The first kappa shape index (κ1) is 13.4. The van der Waals surface area contributed by atoms with E-state index in [1.165, 1.54) is 0 Å². The second-order valence-corrected chi connectivity index (χ2v) is 4.20. The van der Waals surface area contributed by atoms with Crippen LogP contribution in [0.25, 0.3) is 0 Å². The van der Waals surface area contributed by atoms with Gasteiger partial charge in [-0.05, 0) is 20.6 Å². The van der Waals surface area contributed by atoms with Crippen LogP contribution >= 0.6 is 0 Å². The summed E-state index contributed by atoms with van der Waals surface area (Å²) < 4.78 is 10.7. The molecule has 94 valence electrons. The van der Waals surface area contributed by atoms with Crippen LogP contribution in [0.4, 0.5) is 0 Å². The standard InChI is InChI=1S/C11H22N2O3/c1-4-13-7-8-15-9-10(13)16-11(14)5-6-12(2)3/h10H,4-9H2,1-3H3. The molecule has 16 heavy (non-hydrogen) atoms. The molecule has 1 atom stereocenters. The van der Waals surface area contributed by atoms with Gasteiger partial charge < -0.3 is 14.4 Å². The third-order valence-electron chi connectivity index (χ3n) is 2.63. The van der Waals surface area contributed by atoms with E-state index in [1.54, 1.807) is 0 Å². The molecule has 0 aromatic carbocycles. The van der Waals surface area contributed by atoms with Crippen molar-refractivity contribution in [2.75, 3.05) is 46.9 Å². The van der Waals surface area contributed by atoms with Gasteiger partial charge in [0.05, 0.1) is 19.6 Å². The lowest BCUT2D eigenvalue weighted by Gasteiger charge is -2.33. The Morgan fingerprint density at radius 1 is 1.56 bits per heavy atom. The van der Waals surface area contributed by atoms with E-state index in [9.17, 15) is 4.79 Å². The van der Waals surface area contributed by atoms with E-state index in [-0.39, 0.29) is 12.2 Å². The Morgan fingerprint density at radius 3 is 2.94 bits per heavy atom. The Morgan fingerprint density at radius 2 is 2.31 bits per heavy atom. The van der Waals surface area contributed by atoms with Crippen molar-refractivity contribution < 1.29 is 14.3 Å².